The van der Waals surface area contributed by atoms with Crippen LogP contribution in [0.25, 0.3) is 17.5 Å². The van der Waals surface area contributed by atoms with E-state index in [1.807, 2.05) is 30.3 Å². The number of carbonyl (C=O) groups excluding carboxylic acids is 1. The third kappa shape index (κ3) is 5.08. The lowest BCUT2D eigenvalue weighted by atomic mass is 9.87. The number of aromatic nitrogens is 2. The van der Waals surface area contributed by atoms with E-state index in [4.69, 9.17) is 16.1 Å². The van der Waals surface area contributed by atoms with Gasteiger partial charge in [0.2, 0.25) is 17.6 Å². The first kappa shape index (κ1) is 19.8. The van der Waals surface area contributed by atoms with E-state index in [1.165, 1.54) is 11.6 Å². The molecule has 0 radical (unpaired) electrons. The van der Waals surface area contributed by atoms with Crippen LogP contribution in [0.2, 0.25) is 5.02 Å². The van der Waals surface area contributed by atoms with Crippen LogP contribution in [0.1, 0.15) is 37.8 Å². The zero-order chi connectivity index (χ0) is 20.1. The van der Waals surface area contributed by atoms with Crippen LogP contribution < -0.4 is 5.32 Å². The summed E-state index contributed by atoms with van der Waals surface area (Å²) in [5, 5.41) is 7.18. The summed E-state index contributed by atoms with van der Waals surface area (Å²) in [4.78, 5) is 16.3. The standard InChI is InChI=1S/C22H22ClN3O2/c1-22(2,3)16-11-8-15(9-12-16)10-13-19(27)24-14-20-25-21(26-28-20)17-6-4-5-7-18(17)23/h4-13H,14H2,1-3H3,(H,24,27)/b13-10+. The first-order valence-electron chi connectivity index (χ1n) is 8.97. The lowest BCUT2D eigenvalue weighted by Crippen LogP contribution is -2.20. The second-order valence-electron chi connectivity index (χ2n) is 7.41. The highest BCUT2D eigenvalue weighted by Crippen LogP contribution is 2.25. The summed E-state index contributed by atoms with van der Waals surface area (Å²) in [6.07, 6.45) is 3.25. The van der Waals surface area contributed by atoms with Crippen LogP contribution >= 0.6 is 11.6 Å². The third-order valence-corrected chi connectivity index (χ3v) is 4.53. The van der Waals surface area contributed by atoms with E-state index >= 15 is 0 Å². The van der Waals surface area contributed by atoms with E-state index in [1.54, 1.807) is 12.1 Å². The van der Waals surface area contributed by atoms with Gasteiger partial charge in [-0.2, -0.15) is 4.98 Å². The van der Waals surface area contributed by atoms with Gasteiger partial charge in [-0.3, -0.25) is 4.79 Å². The van der Waals surface area contributed by atoms with Crippen LogP contribution in [0.5, 0.6) is 0 Å². The van der Waals surface area contributed by atoms with Crippen molar-refractivity contribution < 1.29 is 9.32 Å². The maximum atomic E-state index is 12.0. The van der Waals surface area contributed by atoms with Crippen LogP contribution in [-0.2, 0) is 16.8 Å². The molecular formula is C22H22ClN3O2. The highest BCUT2D eigenvalue weighted by atomic mass is 35.5. The number of halogens is 1. The van der Waals surface area contributed by atoms with Gasteiger partial charge < -0.3 is 9.84 Å². The van der Waals surface area contributed by atoms with Gasteiger partial charge in [-0.05, 0) is 34.8 Å². The molecule has 1 heterocycles. The van der Waals surface area contributed by atoms with Crippen molar-refractivity contribution in [2.45, 2.75) is 32.7 Å². The Morgan fingerprint density at radius 3 is 2.54 bits per heavy atom. The summed E-state index contributed by atoms with van der Waals surface area (Å²) in [6.45, 7) is 6.64. The van der Waals surface area contributed by atoms with Crippen molar-refractivity contribution in [3.63, 3.8) is 0 Å². The molecule has 0 atom stereocenters. The summed E-state index contributed by atoms with van der Waals surface area (Å²) in [7, 11) is 0. The molecule has 0 aliphatic rings. The Morgan fingerprint density at radius 1 is 1.14 bits per heavy atom. The molecular weight excluding hydrogens is 374 g/mol. The molecule has 3 aromatic rings. The number of benzene rings is 2. The molecule has 0 spiro atoms. The molecule has 0 aliphatic carbocycles. The van der Waals surface area contributed by atoms with Gasteiger partial charge in [0.15, 0.2) is 0 Å². The molecule has 3 rings (SSSR count). The fourth-order valence-electron chi connectivity index (χ4n) is 2.57. The topological polar surface area (TPSA) is 68.0 Å². The summed E-state index contributed by atoms with van der Waals surface area (Å²) in [5.41, 5.74) is 3.00. The third-order valence-electron chi connectivity index (χ3n) is 4.20. The van der Waals surface area contributed by atoms with Gasteiger partial charge in [0.05, 0.1) is 11.6 Å². The SMILES string of the molecule is CC(C)(C)c1ccc(/C=C/C(=O)NCc2nc(-c3ccccc3Cl)no2)cc1. The molecule has 5 nitrogen and oxygen atoms in total. The summed E-state index contributed by atoms with van der Waals surface area (Å²) in [5.74, 6) is 0.466. The lowest BCUT2D eigenvalue weighted by molar-refractivity contribution is -0.116. The molecule has 0 aliphatic heterocycles. The van der Waals surface area contributed by atoms with E-state index in [-0.39, 0.29) is 17.9 Å². The van der Waals surface area contributed by atoms with Crippen LogP contribution in [0, 0.1) is 0 Å². The molecule has 144 valence electrons. The number of hydrogen-bond donors (Lipinski definition) is 1. The van der Waals surface area contributed by atoms with Crippen LogP contribution in [0.4, 0.5) is 0 Å². The van der Waals surface area contributed by atoms with Crippen molar-refractivity contribution in [1.29, 1.82) is 0 Å². The Kier molecular flexibility index (Phi) is 5.95. The minimum absolute atomic E-state index is 0.104. The quantitative estimate of drug-likeness (QED) is 0.616. The van der Waals surface area contributed by atoms with Crippen molar-refractivity contribution in [2.75, 3.05) is 0 Å². The average Bonchev–Trinajstić information content (AvgIpc) is 3.13. The minimum atomic E-state index is -0.239. The molecule has 2 aromatic carbocycles. The van der Waals surface area contributed by atoms with Crippen molar-refractivity contribution in [3.05, 3.63) is 76.6 Å². The number of amides is 1. The van der Waals surface area contributed by atoms with Crippen molar-refractivity contribution in [1.82, 2.24) is 15.5 Å². The molecule has 1 amide bonds. The van der Waals surface area contributed by atoms with Crippen molar-refractivity contribution in [2.24, 2.45) is 0 Å². The molecule has 28 heavy (non-hydrogen) atoms. The first-order valence-corrected chi connectivity index (χ1v) is 9.35. The Hall–Kier alpha value is -2.92. The fraction of sp³-hybridized carbons (Fsp3) is 0.227. The van der Waals surface area contributed by atoms with Gasteiger partial charge in [-0.1, -0.05) is 73.9 Å². The van der Waals surface area contributed by atoms with Gasteiger partial charge in [-0.25, -0.2) is 0 Å². The van der Waals surface area contributed by atoms with E-state index in [0.717, 1.165) is 5.56 Å². The predicted molar refractivity (Wildman–Crippen MR) is 111 cm³/mol. The summed E-state index contributed by atoms with van der Waals surface area (Å²) < 4.78 is 5.17. The van der Waals surface area contributed by atoms with Crippen LogP contribution in [0.3, 0.4) is 0 Å². The van der Waals surface area contributed by atoms with Gasteiger partial charge in [-0.15, -0.1) is 0 Å². The average molecular weight is 396 g/mol. The van der Waals surface area contributed by atoms with Gasteiger partial charge in [0.25, 0.3) is 0 Å². The molecule has 0 bridgehead atoms. The summed E-state index contributed by atoms with van der Waals surface area (Å²) in [6, 6.07) is 15.4. The molecule has 1 N–H and O–H groups in total. The molecule has 1 aromatic heterocycles. The zero-order valence-electron chi connectivity index (χ0n) is 16.1. The molecule has 0 saturated carbocycles. The normalized spacial score (nSPS) is 11.7. The fourth-order valence-corrected chi connectivity index (χ4v) is 2.79. The maximum absolute atomic E-state index is 12.0. The Labute approximate surface area is 169 Å². The number of nitrogens with zero attached hydrogens (tertiary/aromatic N) is 2. The monoisotopic (exact) mass is 395 g/mol. The van der Waals surface area contributed by atoms with Crippen LogP contribution in [-0.4, -0.2) is 16.0 Å². The molecule has 0 fully saturated rings. The maximum Gasteiger partial charge on any atom is 0.246 e. The second kappa shape index (κ2) is 8.40. The smallest absolute Gasteiger partial charge is 0.246 e. The number of rotatable bonds is 5. The number of hydrogen-bond acceptors (Lipinski definition) is 4. The van der Waals surface area contributed by atoms with Crippen LogP contribution in [0.15, 0.2) is 59.1 Å². The largest absolute Gasteiger partial charge is 0.343 e. The second-order valence-corrected chi connectivity index (χ2v) is 7.82. The van der Waals surface area contributed by atoms with E-state index in [9.17, 15) is 4.79 Å². The van der Waals surface area contributed by atoms with E-state index in [0.29, 0.717) is 22.3 Å². The summed E-state index contributed by atoms with van der Waals surface area (Å²) >= 11 is 6.13. The van der Waals surface area contributed by atoms with Crippen molar-refractivity contribution in [3.8, 4) is 11.4 Å². The first-order chi connectivity index (χ1) is 13.3. The number of nitrogens with one attached hydrogen (secondary N) is 1. The van der Waals surface area contributed by atoms with E-state index < -0.39 is 0 Å². The highest BCUT2D eigenvalue weighted by molar-refractivity contribution is 6.33. The van der Waals surface area contributed by atoms with Crippen molar-refractivity contribution >= 4 is 23.6 Å². The Bertz CT molecular complexity index is 986. The zero-order valence-corrected chi connectivity index (χ0v) is 16.8. The Morgan fingerprint density at radius 2 is 1.86 bits per heavy atom. The lowest BCUT2D eigenvalue weighted by Gasteiger charge is -2.18. The van der Waals surface area contributed by atoms with E-state index in [2.05, 4.69) is 48.4 Å². The minimum Gasteiger partial charge on any atom is -0.343 e. The molecule has 6 heteroatoms. The molecule has 0 saturated heterocycles. The van der Waals surface area contributed by atoms with Gasteiger partial charge in [0, 0.05) is 11.6 Å². The van der Waals surface area contributed by atoms with Gasteiger partial charge in [0.1, 0.15) is 0 Å². The van der Waals surface area contributed by atoms with Gasteiger partial charge >= 0.3 is 0 Å². The molecule has 0 unspecified atom stereocenters. The number of carbonyl (C=O) groups is 1. The predicted octanol–water partition coefficient (Wildman–Crippen LogP) is 5.02. The highest BCUT2D eigenvalue weighted by Gasteiger charge is 2.13. The Balaban J connectivity index is 1.56.